The van der Waals surface area contributed by atoms with Crippen molar-refractivity contribution in [3.8, 4) is 0 Å². The highest BCUT2D eigenvalue weighted by Gasteiger charge is 2.28. The van der Waals surface area contributed by atoms with Crippen LogP contribution in [0, 0.1) is 5.92 Å². The molecule has 1 saturated carbocycles. The Balaban J connectivity index is 2.31. The molecule has 0 aromatic carbocycles. The molecule has 0 aliphatic heterocycles. The average molecular weight is 212 g/mol. The maximum absolute atomic E-state index is 11.5. The van der Waals surface area contributed by atoms with E-state index in [9.17, 15) is 4.79 Å². The fourth-order valence-electron chi connectivity index (χ4n) is 2.38. The van der Waals surface area contributed by atoms with E-state index in [1.807, 2.05) is 6.92 Å². The maximum Gasteiger partial charge on any atom is 0.239 e. The highest BCUT2D eigenvalue weighted by atomic mass is 16.2. The molecule has 1 atom stereocenters. The molecular weight excluding hydrogens is 188 g/mol. The molecule has 0 bridgehead atoms. The first kappa shape index (κ1) is 12.5. The van der Waals surface area contributed by atoms with Crippen LogP contribution >= 0.6 is 0 Å². The Labute approximate surface area is 92.8 Å². The van der Waals surface area contributed by atoms with Gasteiger partial charge in [0.05, 0.1) is 5.54 Å². The Morgan fingerprint density at radius 1 is 1.40 bits per heavy atom. The topological polar surface area (TPSA) is 55.1 Å². The summed E-state index contributed by atoms with van der Waals surface area (Å²) in [7, 11) is 1.65. The molecule has 3 heteroatoms. The zero-order valence-corrected chi connectivity index (χ0v) is 10.0. The Hall–Kier alpha value is -0.570. The quantitative estimate of drug-likeness (QED) is 0.746. The molecule has 1 aliphatic rings. The lowest BCUT2D eigenvalue weighted by molar-refractivity contribution is -0.125. The molecule has 0 unspecified atom stereocenters. The summed E-state index contributed by atoms with van der Waals surface area (Å²) in [5, 5.41) is 2.63. The SMILES string of the molecule is CNC(=O)[C@@](C)(N)CCC1CCCCC1. The minimum Gasteiger partial charge on any atom is -0.358 e. The van der Waals surface area contributed by atoms with Crippen LogP contribution in [-0.2, 0) is 4.79 Å². The number of nitrogens with two attached hydrogens (primary N) is 1. The van der Waals surface area contributed by atoms with Crippen LogP contribution in [0.4, 0.5) is 0 Å². The molecule has 88 valence electrons. The van der Waals surface area contributed by atoms with Crippen LogP contribution < -0.4 is 11.1 Å². The lowest BCUT2D eigenvalue weighted by Gasteiger charge is -2.27. The van der Waals surface area contributed by atoms with Crippen LogP contribution in [0.25, 0.3) is 0 Å². The first-order valence-electron chi connectivity index (χ1n) is 6.07. The second-order valence-electron chi connectivity index (χ2n) is 5.04. The van der Waals surface area contributed by atoms with Gasteiger partial charge in [-0.05, 0) is 25.7 Å². The summed E-state index contributed by atoms with van der Waals surface area (Å²) in [5.41, 5.74) is 5.29. The lowest BCUT2D eigenvalue weighted by atomic mass is 9.82. The van der Waals surface area contributed by atoms with E-state index >= 15 is 0 Å². The smallest absolute Gasteiger partial charge is 0.239 e. The van der Waals surface area contributed by atoms with E-state index < -0.39 is 5.54 Å². The number of rotatable bonds is 4. The molecule has 0 radical (unpaired) electrons. The third kappa shape index (κ3) is 3.82. The summed E-state index contributed by atoms with van der Waals surface area (Å²) in [6.07, 6.45) is 8.63. The van der Waals surface area contributed by atoms with Gasteiger partial charge in [-0.2, -0.15) is 0 Å². The summed E-state index contributed by atoms with van der Waals surface area (Å²) in [6, 6.07) is 0. The van der Waals surface area contributed by atoms with Gasteiger partial charge in [-0.15, -0.1) is 0 Å². The van der Waals surface area contributed by atoms with Gasteiger partial charge in [-0.1, -0.05) is 32.1 Å². The summed E-state index contributed by atoms with van der Waals surface area (Å²) in [5.74, 6) is 0.754. The number of carbonyl (C=O) groups excluding carboxylic acids is 1. The van der Waals surface area contributed by atoms with Crippen LogP contribution in [0.15, 0.2) is 0 Å². The molecule has 0 heterocycles. The highest BCUT2D eigenvalue weighted by Crippen LogP contribution is 2.28. The van der Waals surface area contributed by atoms with Crippen molar-refractivity contribution >= 4 is 5.91 Å². The average Bonchev–Trinajstić information content (AvgIpc) is 2.27. The predicted molar refractivity (Wildman–Crippen MR) is 62.5 cm³/mol. The lowest BCUT2D eigenvalue weighted by Crippen LogP contribution is -2.50. The molecule has 0 saturated heterocycles. The van der Waals surface area contributed by atoms with Crippen molar-refractivity contribution in [3.05, 3.63) is 0 Å². The summed E-state index contributed by atoms with van der Waals surface area (Å²) >= 11 is 0. The molecule has 1 fully saturated rings. The number of hydrogen-bond donors (Lipinski definition) is 2. The van der Waals surface area contributed by atoms with Gasteiger partial charge in [0.15, 0.2) is 0 Å². The first-order valence-corrected chi connectivity index (χ1v) is 6.07. The maximum atomic E-state index is 11.5. The van der Waals surface area contributed by atoms with E-state index in [2.05, 4.69) is 5.32 Å². The van der Waals surface area contributed by atoms with Gasteiger partial charge in [0.2, 0.25) is 5.91 Å². The third-order valence-corrected chi connectivity index (χ3v) is 3.54. The van der Waals surface area contributed by atoms with E-state index in [0.29, 0.717) is 0 Å². The van der Waals surface area contributed by atoms with E-state index in [-0.39, 0.29) is 5.91 Å². The second-order valence-corrected chi connectivity index (χ2v) is 5.04. The van der Waals surface area contributed by atoms with Crippen molar-refractivity contribution in [1.82, 2.24) is 5.32 Å². The van der Waals surface area contributed by atoms with Crippen LogP contribution in [-0.4, -0.2) is 18.5 Å². The fraction of sp³-hybridized carbons (Fsp3) is 0.917. The third-order valence-electron chi connectivity index (χ3n) is 3.54. The van der Waals surface area contributed by atoms with Crippen LogP contribution in [0.1, 0.15) is 51.9 Å². The van der Waals surface area contributed by atoms with Gasteiger partial charge in [0.25, 0.3) is 0 Å². The first-order chi connectivity index (χ1) is 7.06. The summed E-state index contributed by atoms with van der Waals surface area (Å²) in [6.45, 7) is 1.83. The Kier molecular flexibility index (Phi) is 4.58. The van der Waals surface area contributed by atoms with E-state index in [0.717, 1.165) is 18.8 Å². The Morgan fingerprint density at radius 2 is 2.00 bits per heavy atom. The zero-order valence-electron chi connectivity index (χ0n) is 10.0. The fourth-order valence-corrected chi connectivity index (χ4v) is 2.38. The Morgan fingerprint density at radius 3 is 2.53 bits per heavy atom. The molecule has 3 nitrogen and oxygen atoms in total. The van der Waals surface area contributed by atoms with Crippen LogP contribution in [0.5, 0.6) is 0 Å². The number of hydrogen-bond acceptors (Lipinski definition) is 2. The number of amides is 1. The van der Waals surface area contributed by atoms with Gasteiger partial charge >= 0.3 is 0 Å². The molecule has 0 aromatic rings. The minimum atomic E-state index is -0.688. The van der Waals surface area contributed by atoms with Crippen LogP contribution in [0.2, 0.25) is 0 Å². The van der Waals surface area contributed by atoms with Gasteiger partial charge in [-0.3, -0.25) is 4.79 Å². The largest absolute Gasteiger partial charge is 0.358 e. The second kappa shape index (κ2) is 5.50. The molecule has 15 heavy (non-hydrogen) atoms. The molecule has 1 amide bonds. The van der Waals surface area contributed by atoms with Gasteiger partial charge in [0, 0.05) is 7.05 Å². The molecule has 0 aromatic heterocycles. The standard InChI is InChI=1S/C12H24N2O/c1-12(13,11(15)14-2)9-8-10-6-4-3-5-7-10/h10H,3-9,13H2,1-2H3,(H,14,15)/t12-/m0/s1. The summed E-state index contributed by atoms with van der Waals surface area (Å²) in [4.78, 5) is 11.5. The molecule has 1 rings (SSSR count). The van der Waals surface area contributed by atoms with Crippen molar-refractivity contribution < 1.29 is 4.79 Å². The number of likely N-dealkylation sites (N-methyl/N-ethyl adjacent to an activating group) is 1. The van der Waals surface area contributed by atoms with E-state index in [1.165, 1.54) is 32.1 Å². The van der Waals surface area contributed by atoms with E-state index in [1.54, 1.807) is 7.05 Å². The molecule has 1 aliphatic carbocycles. The van der Waals surface area contributed by atoms with Crippen molar-refractivity contribution in [2.24, 2.45) is 11.7 Å². The highest BCUT2D eigenvalue weighted by molar-refractivity contribution is 5.85. The van der Waals surface area contributed by atoms with Crippen molar-refractivity contribution in [1.29, 1.82) is 0 Å². The van der Waals surface area contributed by atoms with E-state index in [4.69, 9.17) is 5.73 Å². The number of nitrogens with one attached hydrogen (secondary N) is 1. The van der Waals surface area contributed by atoms with Gasteiger partial charge in [-0.25, -0.2) is 0 Å². The molecular formula is C12H24N2O. The van der Waals surface area contributed by atoms with Gasteiger partial charge in [0.1, 0.15) is 0 Å². The normalized spacial score (nSPS) is 22.1. The zero-order chi connectivity index (χ0) is 11.3. The summed E-state index contributed by atoms with van der Waals surface area (Å²) < 4.78 is 0. The van der Waals surface area contributed by atoms with Crippen molar-refractivity contribution in [2.75, 3.05) is 7.05 Å². The van der Waals surface area contributed by atoms with Crippen molar-refractivity contribution in [3.63, 3.8) is 0 Å². The Bertz CT molecular complexity index is 208. The monoisotopic (exact) mass is 212 g/mol. The molecule has 0 spiro atoms. The van der Waals surface area contributed by atoms with Gasteiger partial charge < -0.3 is 11.1 Å². The van der Waals surface area contributed by atoms with Crippen molar-refractivity contribution in [2.45, 2.75) is 57.4 Å². The molecule has 3 N–H and O–H groups in total. The minimum absolute atomic E-state index is 0.0432. The van der Waals surface area contributed by atoms with Crippen LogP contribution in [0.3, 0.4) is 0 Å². The predicted octanol–water partition coefficient (Wildman–Crippen LogP) is 1.81. The number of carbonyl (C=O) groups is 1.